The first-order valence-electron chi connectivity index (χ1n) is 5.18. The highest BCUT2D eigenvalue weighted by Gasteiger charge is 2.12. The van der Waals surface area contributed by atoms with Crippen LogP contribution in [0.25, 0.3) is 0 Å². The predicted octanol–water partition coefficient (Wildman–Crippen LogP) is 0.244. The number of nitrogens with zero attached hydrogens (tertiary/aromatic N) is 4. The third-order valence-corrected chi connectivity index (χ3v) is 2.43. The van der Waals surface area contributed by atoms with Gasteiger partial charge >= 0.3 is 0 Å². The summed E-state index contributed by atoms with van der Waals surface area (Å²) < 4.78 is 1.60. The summed E-state index contributed by atoms with van der Waals surface area (Å²) in [6.07, 6.45) is 0. The van der Waals surface area contributed by atoms with Crippen LogP contribution in [0.5, 0.6) is 0 Å². The summed E-state index contributed by atoms with van der Waals surface area (Å²) in [5.74, 6) is 0.721. The van der Waals surface area contributed by atoms with E-state index in [-0.39, 0.29) is 0 Å². The van der Waals surface area contributed by atoms with Crippen molar-refractivity contribution in [1.82, 2.24) is 15.0 Å². The van der Waals surface area contributed by atoms with E-state index < -0.39 is 0 Å². The Balaban J connectivity index is 2.27. The molecular weight excluding hydrogens is 216 g/mol. The lowest BCUT2D eigenvalue weighted by Crippen LogP contribution is -2.16. The largest absolute Gasteiger partial charge is 0.382 e. The second kappa shape index (κ2) is 4.65. The number of hydrogen-bond acceptors (Lipinski definition) is 4. The van der Waals surface area contributed by atoms with Gasteiger partial charge in [-0.3, -0.25) is 4.99 Å². The van der Waals surface area contributed by atoms with Crippen LogP contribution in [-0.4, -0.2) is 27.9 Å². The van der Waals surface area contributed by atoms with Crippen molar-refractivity contribution in [3.8, 4) is 0 Å². The fourth-order valence-electron chi connectivity index (χ4n) is 1.48. The average Bonchev–Trinajstić information content (AvgIpc) is 2.72. The van der Waals surface area contributed by atoms with E-state index in [4.69, 9.17) is 11.5 Å². The number of rotatable bonds is 3. The summed E-state index contributed by atoms with van der Waals surface area (Å²) in [6.45, 7) is 0.566. The maximum absolute atomic E-state index is 5.90. The van der Waals surface area contributed by atoms with E-state index in [0.29, 0.717) is 23.9 Å². The summed E-state index contributed by atoms with van der Waals surface area (Å²) in [5, 5.41) is 7.88. The van der Waals surface area contributed by atoms with E-state index in [0.717, 1.165) is 5.56 Å². The summed E-state index contributed by atoms with van der Waals surface area (Å²) >= 11 is 0. The van der Waals surface area contributed by atoms with Gasteiger partial charge in [-0.05, 0) is 5.56 Å². The quantitative estimate of drug-likeness (QED) is 0.583. The fraction of sp³-hybridized carbons (Fsp3) is 0.182. The first-order chi connectivity index (χ1) is 8.22. The highest BCUT2D eigenvalue weighted by Crippen LogP contribution is 2.10. The highest BCUT2D eigenvalue weighted by atomic mass is 15.5. The molecule has 6 nitrogen and oxygen atoms in total. The van der Waals surface area contributed by atoms with Crippen LogP contribution in [0, 0.1) is 0 Å². The van der Waals surface area contributed by atoms with Gasteiger partial charge in [-0.2, -0.15) is 0 Å². The fourth-order valence-corrected chi connectivity index (χ4v) is 1.48. The van der Waals surface area contributed by atoms with Crippen molar-refractivity contribution in [3.05, 3.63) is 41.6 Å². The van der Waals surface area contributed by atoms with E-state index in [1.165, 1.54) is 0 Å². The Hall–Kier alpha value is -2.37. The molecule has 1 aromatic heterocycles. The second-order valence-electron chi connectivity index (χ2n) is 3.58. The molecule has 6 heteroatoms. The molecule has 1 aromatic carbocycles. The van der Waals surface area contributed by atoms with Crippen molar-refractivity contribution in [2.75, 3.05) is 12.8 Å². The molecule has 0 saturated carbocycles. The molecule has 0 fully saturated rings. The van der Waals surface area contributed by atoms with Crippen molar-refractivity contribution in [3.63, 3.8) is 0 Å². The van der Waals surface area contributed by atoms with E-state index in [9.17, 15) is 0 Å². The highest BCUT2D eigenvalue weighted by molar-refractivity contribution is 5.99. The second-order valence-corrected chi connectivity index (χ2v) is 3.58. The molecule has 0 aliphatic rings. The van der Waals surface area contributed by atoms with Crippen molar-refractivity contribution in [2.45, 2.75) is 6.54 Å². The molecule has 17 heavy (non-hydrogen) atoms. The maximum atomic E-state index is 5.90. The summed E-state index contributed by atoms with van der Waals surface area (Å²) in [5.41, 5.74) is 13.1. The number of aliphatic imine (C=N–C) groups is 1. The maximum Gasteiger partial charge on any atom is 0.171 e. The number of nitrogen functional groups attached to an aromatic ring is 1. The Bertz CT molecular complexity index is 528. The van der Waals surface area contributed by atoms with Crippen LogP contribution in [0.2, 0.25) is 0 Å². The zero-order valence-corrected chi connectivity index (χ0v) is 9.54. The third kappa shape index (κ3) is 2.25. The van der Waals surface area contributed by atoms with Gasteiger partial charge in [0.15, 0.2) is 11.5 Å². The van der Waals surface area contributed by atoms with Crippen molar-refractivity contribution < 1.29 is 0 Å². The summed E-state index contributed by atoms with van der Waals surface area (Å²) in [4.78, 5) is 3.84. The Morgan fingerprint density at radius 2 is 2.06 bits per heavy atom. The molecule has 0 aliphatic heterocycles. The lowest BCUT2D eigenvalue weighted by molar-refractivity contribution is 0.657. The van der Waals surface area contributed by atoms with Crippen LogP contribution in [-0.2, 0) is 6.54 Å². The molecule has 0 aliphatic carbocycles. The standard InChI is InChI=1S/C11H14N6/c1-14-10(12)9-11(13)17(16-15-9)7-8-5-3-2-4-6-8/h2-6H,7,13H2,1H3,(H2,12,14). The molecule has 0 spiro atoms. The topological polar surface area (TPSA) is 95.1 Å². The smallest absolute Gasteiger partial charge is 0.171 e. The first-order valence-corrected chi connectivity index (χ1v) is 5.18. The number of amidine groups is 1. The molecule has 88 valence electrons. The van der Waals surface area contributed by atoms with Crippen LogP contribution in [0.3, 0.4) is 0 Å². The third-order valence-electron chi connectivity index (χ3n) is 2.43. The molecule has 0 bridgehead atoms. The SMILES string of the molecule is CN=C(N)c1nnn(Cc2ccccc2)c1N. The van der Waals surface area contributed by atoms with E-state index >= 15 is 0 Å². The molecular formula is C11H14N6. The summed E-state index contributed by atoms with van der Waals surface area (Å²) in [7, 11) is 1.59. The molecule has 4 N–H and O–H groups in total. The Kier molecular flexibility index (Phi) is 3.04. The minimum Gasteiger partial charge on any atom is -0.382 e. The van der Waals surface area contributed by atoms with Crippen LogP contribution >= 0.6 is 0 Å². The van der Waals surface area contributed by atoms with Gasteiger partial charge in [0.2, 0.25) is 0 Å². The van der Waals surface area contributed by atoms with Crippen molar-refractivity contribution in [2.24, 2.45) is 10.7 Å². The minimum atomic E-state index is 0.293. The number of hydrogen-bond donors (Lipinski definition) is 2. The zero-order chi connectivity index (χ0) is 12.3. The number of anilines is 1. The van der Waals surface area contributed by atoms with Crippen LogP contribution in [0.15, 0.2) is 35.3 Å². The van der Waals surface area contributed by atoms with E-state index in [1.54, 1.807) is 11.7 Å². The number of aromatic nitrogens is 3. The van der Waals surface area contributed by atoms with Crippen LogP contribution in [0.1, 0.15) is 11.3 Å². The van der Waals surface area contributed by atoms with Crippen molar-refractivity contribution >= 4 is 11.7 Å². The van der Waals surface area contributed by atoms with Gasteiger partial charge in [0.25, 0.3) is 0 Å². The Morgan fingerprint density at radius 1 is 1.35 bits per heavy atom. The molecule has 0 atom stereocenters. The molecule has 0 saturated heterocycles. The average molecular weight is 230 g/mol. The van der Waals surface area contributed by atoms with Crippen LogP contribution < -0.4 is 11.5 Å². The zero-order valence-electron chi connectivity index (χ0n) is 9.54. The Morgan fingerprint density at radius 3 is 2.71 bits per heavy atom. The minimum absolute atomic E-state index is 0.293. The van der Waals surface area contributed by atoms with Gasteiger partial charge in [-0.15, -0.1) is 5.10 Å². The number of nitrogens with two attached hydrogens (primary N) is 2. The lowest BCUT2D eigenvalue weighted by atomic mass is 10.2. The van der Waals surface area contributed by atoms with E-state index in [2.05, 4.69) is 15.3 Å². The Labute approximate surface area is 99.0 Å². The molecule has 2 rings (SSSR count). The molecule has 2 aromatic rings. The number of benzene rings is 1. The van der Waals surface area contributed by atoms with Gasteiger partial charge in [0.05, 0.1) is 6.54 Å². The first kappa shape index (κ1) is 11.1. The lowest BCUT2D eigenvalue weighted by Gasteiger charge is -2.03. The van der Waals surface area contributed by atoms with Gasteiger partial charge in [-0.25, -0.2) is 4.68 Å². The van der Waals surface area contributed by atoms with Crippen molar-refractivity contribution in [1.29, 1.82) is 0 Å². The van der Waals surface area contributed by atoms with Gasteiger partial charge < -0.3 is 11.5 Å². The van der Waals surface area contributed by atoms with Gasteiger partial charge in [-0.1, -0.05) is 35.5 Å². The molecule has 0 amide bonds. The summed E-state index contributed by atoms with van der Waals surface area (Å²) in [6, 6.07) is 9.88. The predicted molar refractivity (Wildman–Crippen MR) is 66.6 cm³/mol. The van der Waals surface area contributed by atoms with Gasteiger partial charge in [0.1, 0.15) is 5.84 Å². The molecule has 1 heterocycles. The molecule has 0 radical (unpaired) electrons. The monoisotopic (exact) mass is 230 g/mol. The van der Waals surface area contributed by atoms with Crippen LogP contribution in [0.4, 0.5) is 5.82 Å². The molecule has 0 unspecified atom stereocenters. The van der Waals surface area contributed by atoms with Gasteiger partial charge in [0, 0.05) is 7.05 Å². The normalized spacial score (nSPS) is 11.7. The van der Waals surface area contributed by atoms with E-state index in [1.807, 2.05) is 30.3 Å².